The van der Waals surface area contributed by atoms with Gasteiger partial charge in [-0.3, -0.25) is 4.79 Å². The number of sulfone groups is 1. The summed E-state index contributed by atoms with van der Waals surface area (Å²) in [5, 5.41) is 17.1. The van der Waals surface area contributed by atoms with Gasteiger partial charge in [-0.15, -0.1) is 0 Å². The number of hydrogen-bond donors (Lipinski definition) is 3. The number of carbonyl (C=O) groups excluding carboxylic acids is 1. The van der Waals surface area contributed by atoms with Crippen molar-refractivity contribution in [2.75, 3.05) is 37.7 Å². The first kappa shape index (κ1) is 39.3. The normalized spacial score (nSPS) is 44.6. The van der Waals surface area contributed by atoms with Crippen LogP contribution >= 0.6 is 0 Å². The lowest BCUT2D eigenvalue weighted by Crippen LogP contribution is -2.68. The fraction of sp³-hybridized carbons (Fsp3) is 0.818. The van der Waals surface area contributed by atoms with Crippen molar-refractivity contribution in [1.29, 1.82) is 0 Å². The molecular weight excluding hydrogens is 683 g/mol. The zero-order chi connectivity index (χ0) is 38.4. The Morgan fingerprint density at radius 2 is 1.60 bits per heavy atom. The van der Waals surface area contributed by atoms with Crippen LogP contribution in [0.5, 0.6) is 0 Å². The maximum absolute atomic E-state index is 12.3. The highest BCUT2D eigenvalue weighted by Crippen LogP contribution is 2.76. The smallest absolute Gasteiger partial charge is 0.329 e. The molecule has 7 rings (SSSR count). The van der Waals surface area contributed by atoms with Crippen molar-refractivity contribution >= 4 is 21.7 Å². The van der Waals surface area contributed by atoms with Gasteiger partial charge in [-0.1, -0.05) is 58.9 Å². The molecule has 0 radical (unpaired) electrons. The molecule has 53 heavy (non-hydrogen) atoms. The van der Waals surface area contributed by atoms with Crippen LogP contribution in [0.15, 0.2) is 35.5 Å². The fourth-order valence-electron chi connectivity index (χ4n) is 14.8. The standard InChI is InChI=1S/C44H69N3O5S/c1-29(2)32-13-20-43(45-23-24-47-25-27-53(51,52)28-26-47)22-21-41(7)34(37(32)43)9-10-36-40(6)16-14-33(39(4,5)35(40)15-17-42(36,41)8)31-11-18-44(19-12-31,38(49)50)46-30(3)48/h11,14,32,34-37,45H,1,9-10,12-13,15-28H2,2-8H3,(H,46,48)(H,49,50)/t32-,34+,35-,36+,37+,40-,41+,42+,43-,44?/m0/s1. The van der Waals surface area contributed by atoms with E-state index in [-0.39, 0.29) is 44.6 Å². The number of nitrogens with one attached hydrogen (secondary N) is 2. The molecule has 296 valence electrons. The lowest BCUT2D eigenvalue weighted by Gasteiger charge is -2.72. The van der Waals surface area contributed by atoms with Crippen LogP contribution in [0.4, 0.5) is 0 Å². The average molecular weight is 752 g/mol. The van der Waals surface area contributed by atoms with E-state index >= 15 is 0 Å². The third-order valence-corrected chi connectivity index (χ3v) is 19.3. The van der Waals surface area contributed by atoms with Crippen LogP contribution in [0, 0.1) is 51.2 Å². The largest absolute Gasteiger partial charge is 0.479 e. The highest BCUT2D eigenvalue weighted by molar-refractivity contribution is 7.91. The highest BCUT2D eigenvalue weighted by atomic mass is 32.2. The summed E-state index contributed by atoms with van der Waals surface area (Å²) in [5.41, 5.74) is 3.67. The van der Waals surface area contributed by atoms with Gasteiger partial charge in [-0.25, -0.2) is 13.2 Å². The summed E-state index contributed by atoms with van der Waals surface area (Å²) in [6, 6.07) is 0. The molecule has 6 aliphatic carbocycles. The minimum absolute atomic E-state index is 0.0180. The van der Waals surface area contributed by atoms with E-state index < -0.39 is 21.3 Å². The average Bonchev–Trinajstić information content (AvgIpc) is 3.46. The second-order valence-corrected chi connectivity index (χ2v) is 22.6. The van der Waals surface area contributed by atoms with E-state index in [0.29, 0.717) is 61.9 Å². The van der Waals surface area contributed by atoms with Crippen LogP contribution in [0.1, 0.15) is 126 Å². The number of allylic oxidation sites excluding steroid dienone is 4. The molecule has 0 bridgehead atoms. The molecular formula is C44H69N3O5S. The molecule has 0 spiro atoms. The Balaban J connectivity index is 1.13. The molecule has 1 heterocycles. The topological polar surface area (TPSA) is 116 Å². The Labute approximate surface area is 320 Å². The van der Waals surface area contributed by atoms with Gasteiger partial charge in [0.25, 0.3) is 0 Å². The van der Waals surface area contributed by atoms with Gasteiger partial charge in [0, 0.05) is 38.6 Å². The Kier molecular flexibility index (Phi) is 9.87. The summed E-state index contributed by atoms with van der Waals surface area (Å²) in [4.78, 5) is 26.6. The minimum Gasteiger partial charge on any atom is -0.479 e. The van der Waals surface area contributed by atoms with Crippen molar-refractivity contribution in [2.45, 2.75) is 137 Å². The molecule has 8 nitrogen and oxygen atoms in total. The molecule has 1 saturated heterocycles. The van der Waals surface area contributed by atoms with E-state index in [1.807, 2.05) is 0 Å². The first-order valence-corrected chi connectivity index (χ1v) is 22.8. The molecule has 1 amide bonds. The highest BCUT2D eigenvalue weighted by Gasteiger charge is 2.70. The Bertz CT molecular complexity index is 1690. The van der Waals surface area contributed by atoms with Gasteiger partial charge in [0.1, 0.15) is 5.54 Å². The van der Waals surface area contributed by atoms with Crippen molar-refractivity contribution in [2.24, 2.45) is 51.2 Å². The third-order valence-electron chi connectivity index (χ3n) is 17.7. The van der Waals surface area contributed by atoms with Crippen LogP contribution in [0.2, 0.25) is 0 Å². The number of carbonyl (C=O) groups is 2. The van der Waals surface area contributed by atoms with Gasteiger partial charge in [-0.05, 0) is 146 Å². The molecule has 0 aromatic rings. The first-order chi connectivity index (χ1) is 24.7. The Morgan fingerprint density at radius 1 is 0.887 bits per heavy atom. The van der Waals surface area contributed by atoms with Gasteiger partial charge in [-0.2, -0.15) is 0 Å². The molecule has 0 aromatic heterocycles. The first-order valence-electron chi connectivity index (χ1n) is 21.0. The number of aliphatic carboxylic acids is 1. The molecule has 1 aliphatic heterocycles. The van der Waals surface area contributed by atoms with Gasteiger partial charge >= 0.3 is 5.97 Å². The second kappa shape index (κ2) is 13.3. The van der Waals surface area contributed by atoms with Crippen molar-refractivity contribution < 1.29 is 23.1 Å². The lowest BCUT2D eigenvalue weighted by atomic mass is 9.33. The predicted molar refractivity (Wildman–Crippen MR) is 212 cm³/mol. The number of carboxylic acid groups (broad SMARTS) is 1. The number of nitrogens with zero attached hydrogens (tertiary/aromatic N) is 1. The fourth-order valence-corrected chi connectivity index (χ4v) is 16.1. The minimum atomic E-state index is -2.87. The molecule has 5 fully saturated rings. The van der Waals surface area contributed by atoms with Crippen molar-refractivity contribution in [3.05, 3.63) is 35.5 Å². The van der Waals surface area contributed by atoms with Crippen LogP contribution in [-0.4, -0.2) is 79.1 Å². The maximum Gasteiger partial charge on any atom is 0.329 e. The van der Waals surface area contributed by atoms with E-state index in [4.69, 9.17) is 0 Å². The third kappa shape index (κ3) is 6.15. The van der Waals surface area contributed by atoms with Crippen LogP contribution in [0.3, 0.4) is 0 Å². The second-order valence-electron chi connectivity index (χ2n) is 20.3. The predicted octanol–water partition coefficient (Wildman–Crippen LogP) is 7.32. The zero-order valence-corrected chi connectivity index (χ0v) is 34.7. The number of fused-ring (bicyclic) bond motifs is 7. The van der Waals surface area contributed by atoms with Gasteiger partial charge in [0.05, 0.1) is 11.5 Å². The quantitative estimate of drug-likeness (QED) is 0.223. The molecule has 0 aromatic carbocycles. The monoisotopic (exact) mass is 751 g/mol. The van der Waals surface area contributed by atoms with Gasteiger partial charge < -0.3 is 20.6 Å². The lowest BCUT2D eigenvalue weighted by molar-refractivity contribution is -0.221. The Morgan fingerprint density at radius 3 is 2.23 bits per heavy atom. The van der Waals surface area contributed by atoms with E-state index in [2.05, 4.69) is 75.8 Å². The summed E-state index contributed by atoms with van der Waals surface area (Å²) in [5.74, 6) is 2.34. The summed E-state index contributed by atoms with van der Waals surface area (Å²) in [6.07, 6.45) is 17.1. The van der Waals surface area contributed by atoms with Crippen LogP contribution in [-0.2, 0) is 19.4 Å². The maximum atomic E-state index is 12.3. The number of amides is 1. The Hall–Kier alpha value is -1.97. The van der Waals surface area contributed by atoms with Crippen LogP contribution in [0.25, 0.3) is 0 Å². The van der Waals surface area contributed by atoms with Crippen LogP contribution < -0.4 is 10.6 Å². The number of hydrogen-bond acceptors (Lipinski definition) is 6. The van der Waals surface area contributed by atoms with Crippen molar-refractivity contribution in [1.82, 2.24) is 15.5 Å². The van der Waals surface area contributed by atoms with E-state index in [0.717, 1.165) is 19.5 Å². The summed E-state index contributed by atoms with van der Waals surface area (Å²) in [7, 11) is -2.87. The van der Waals surface area contributed by atoms with Gasteiger partial charge in [0.15, 0.2) is 9.84 Å². The zero-order valence-electron chi connectivity index (χ0n) is 33.9. The molecule has 7 aliphatic rings. The number of rotatable bonds is 8. The summed E-state index contributed by atoms with van der Waals surface area (Å²) >= 11 is 0. The molecule has 4 saturated carbocycles. The SMILES string of the molecule is C=C(C)[C@@H]1CC[C@]2(NCCN3CCS(=O)(=O)CC3)CC[C@]3(C)[C@H](CC[C@@H]4[C@@]5(C)CC=C(C6=CCC(NC(C)=O)(C(=O)O)CC6)C(C)(C)[C@@H]5CC[C@]43C)[C@@H]12. The summed E-state index contributed by atoms with van der Waals surface area (Å²) in [6.45, 7) is 24.4. The summed E-state index contributed by atoms with van der Waals surface area (Å²) < 4.78 is 24.1. The number of carboxylic acids is 1. The molecule has 9 heteroatoms. The molecule has 10 atom stereocenters. The molecule has 1 unspecified atom stereocenters. The van der Waals surface area contributed by atoms with Crippen molar-refractivity contribution in [3.8, 4) is 0 Å². The van der Waals surface area contributed by atoms with Gasteiger partial charge in [0.2, 0.25) is 5.91 Å². The van der Waals surface area contributed by atoms with Crippen molar-refractivity contribution in [3.63, 3.8) is 0 Å². The van der Waals surface area contributed by atoms with E-state index in [1.165, 1.54) is 75.0 Å². The molecule has 3 N–H and O–H groups in total. The van der Waals surface area contributed by atoms with E-state index in [1.54, 1.807) is 0 Å². The van der Waals surface area contributed by atoms with E-state index in [9.17, 15) is 23.1 Å².